The molecule has 1 aromatic carbocycles. The number of para-hydroxylation sites is 2. The minimum absolute atomic E-state index is 0.0826. The molecule has 28 heavy (non-hydrogen) atoms. The first-order valence-corrected chi connectivity index (χ1v) is 11.6. The van der Waals surface area contributed by atoms with E-state index in [-0.39, 0.29) is 5.91 Å². The van der Waals surface area contributed by atoms with E-state index in [1.54, 1.807) is 14.0 Å². The van der Waals surface area contributed by atoms with E-state index < -0.39 is 0 Å². The molecule has 3 nitrogen and oxygen atoms in total. The van der Waals surface area contributed by atoms with Crippen LogP contribution in [-0.4, -0.2) is 19.6 Å². The van der Waals surface area contributed by atoms with Crippen LogP contribution in [0.5, 0.6) is 5.75 Å². The molecule has 0 aliphatic rings. The van der Waals surface area contributed by atoms with Crippen LogP contribution in [0.2, 0.25) is 0 Å². The van der Waals surface area contributed by atoms with Gasteiger partial charge in [-0.2, -0.15) is 0 Å². The van der Waals surface area contributed by atoms with E-state index in [0.29, 0.717) is 0 Å². The Kier molecular flexibility index (Phi) is 14.4. The van der Waals surface area contributed by atoms with Gasteiger partial charge in [0.2, 0.25) is 5.91 Å². The Morgan fingerprint density at radius 3 is 1.71 bits per heavy atom. The summed E-state index contributed by atoms with van der Waals surface area (Å²) in [6.45, 7) is 4.68. The quantitative estimate of drug-likeness (QED) is 0.258. The number of hydrogen-bond donors (Lipinski definition) is 0. The third kappa shape index (κ3) is 10.7. The first-order valence-electron chi connectivity index (χ1n) is 11.6. The van der Waals surface area contributed by atoms with Gasteiger partial charge in [-0.25, -0.2) is 0 Å². The topological polar surface area (TPSA) is 29.5 Å². The highest BCUT2D eigenvalue weighted by Crippen LogP contribution is 2.28. The maximum absolute atomic E-state index is 12.0. The molecule has 160 valence electrons. The fraction of sp³-hybridized carbons (Fsp3) is 0.720. The van der Waals surface area contributed by atoms with Gasteiger partial charge in [0.15, 0.2) is 0 Å². The van der Waals surface area contributed by atoms with Crippen LogP contribution in [0.25, 0.3) is 0 Å². The Labute approximate surface area is 173 Å². The molecule has 0 aliphatic heterocycles. The SMILES string of the molecule is CCCCCCCCCCCCCCCCN(C(C)=O)c1ccccc1OC. The lowest BCUT2D eigenvalue weighted by Gasteiger charge is -2.23. The summed E-state index contributed by atoms with van der Waals surface area (Å²) in [6.07, 6.45) is 18.9. The van der Waals surface area contributed by atoms with Gasteiger partial charge in [0.25, 0.3) is 0 Å². The van der Waals surface area contributed by atoms with Gasteiger partial charge < -0.3 is 9.64 Å². The molecule has 0 unspecified atom stereocenters. The van der Waals surface area contributed by atoms with Crippen molar-refractivity contribution in [3.05, 3.63) is 24.3 Å². The van der Waals surface area contributed by atoms with Gasteiger partial charge in [-0.1, -0.05) is 103 Å². The summed E-state index contributed by atoms with van der Waals surface area (Å²) in [4.78, 5) is 13.9. The van der Waals surface area contributed by atoms with Gasteiger partial charge >= 0.3 is 0 Å². The molecule has 0 radical (unpaired) electrons. The first kappa shape index (κ1) is 24.5. The highest BCUT2D eigenvalue weighted by Gasteiger charge is 2.14. The molecule has 0 fully saturated rings. The number of amides is 1. The van der Waals surface area contributed by atoms with Gasteiger partial charge in [-0.05, 0) is 18.6 Å². The molecule has 0 spiro atoms. The molecule has 0 saturated heterocycles. The average molecular weight is 390 g/mol. The molecule has 0 aliphatic carbocycles. The first-order chi connectivity index (χ1) is 13.7. The van der Waals surface area contributed by atoms with Crippen LogP contribution in [0.4, 0.5) is 5.69 Å². The van der Waals surface area contributed by atoms with Crippen LogP contribution >= 0.6 is 0 Å². The van der Waals surface area contributed by atoms with Crippen molar-refractivity contribution in [2.75, 3.05) is 18.6 Å². The van der Waals surface area contributed by atoms with E-state index in [1.807, 2.05) is 29.2 Å². The second-order valence-corrected chi connectivity index (χ2v) is 7.94. The average Bonchev–Trinajstić information content (AvgIpc) is 2.70. The summed E-state index contributed by atoms with van der Waals surface area (Å²) < 4.78 is 5.41. The third-order valence-corrected chi connectivity index (χ3v) is 5.49. The van der Waals surface area contributed by atoms with E-state index in [0.717, 1.165) is 24.4 Å². The minimum atomic E-state index is 0.0826. The van der Waals surface area contributed by atoms with Gasteiger partial charge in [-0.15, -0.1) is 0 Å². The molecular weight excluding hydrogens is 346 g/mol. The Hall–Kier alpha value is -1.51. The molecule has 0 heterocycles. The largest absolute Gasteiger partial charge is 0.495 e. The van der Waals surface area contributed by atoms with Crippen LogP contribution in [0.3, 0.4) is 0 Å². The lowest BCUT2D eigenvalue weighted by Crippen LogP contribution is -2.29. The van der Waals surface area contributed by atoms with Crippen LogP contribution in [0.15, 0.2) is 24.3 Å². The highest BCUT2D eigenvalue weighted by atomic mass is 16.5. The van der Waals surface area contributed by atoms with Gasteiger partial charge in [0, 0.05) is 13.5 Å². The number of rotatable bonds is 17. The smallest absolute Gasteiger partial charge is 0.223 e. The van der Waals surface area contributed by atoms with Crippen molar-refractivity contribution in [1.82, 2.24) is 0 Å². The van der Waals surface area contributed by atoms with Crippen molar-refractivity contribution >= 4 is 11.6 Å². The minimum Gasteiger partial charge on any atom is -0.495 e. The predicted octanol–water partition coefficient (Wildman–Crippen LogP) is 7.53. The summed E-state index contributed by atoms with van der Waals surface area (Å²) in [6, 6.07) is 7.77. The zero-order chi connectivity index (χ0) is 20.5. The van der Waals surface area contributed by atoms with Crippen molar-refractivity contribution in [2.45, 2.75) is 104 Å². The predicted molar refractivity (Wildman–Crippen MR) is 121 cm³/mol. The van der Waals surface area contributed by atoms with Crippen molar-refractivity contribution < 1.29 is 9.53 Å². The molecule has 1 aromatic rings. The molecule has 3 heteroatoms. The lowest BCUT2D eigenvalue weighted by atomic mass is 10.0. The Morgan fingerprint density at radius 2 is 1.25 bits per heavy atom. The number of carbonyl (C=O) groups is 1. The van der Waals surface area contributed by atoms with Crippen LogP contribution in [-0.2, 0) is 4.79 Å². The highest BCUT2D eigenvalue weighted by molar-refractivity contribution is 5.93. The Morgan fingerprint density at radius 1 is 0.786 bits per heavy atom. The maximum atomic E-state index is 12.0. The third-order valence-electron chi connectivity index (χ3n) is 5.49. The molecule has 0 aromatic heterocycles. The number of methoxy groups -OCH3 is 1. The van der Waals surface area contributed by atoms with E-state index in [2.05, 4.69) is 6.92 Å². The maximum Gasteiger partial charge on any atom is 0.223 e. The van der Waals surface area contributed by atoms with Crippen molar-refractivity contribution in [1.29, 1.82) is 0 Å². The number of hydrogen-bond acceptors (Lipinski definition) is 2. The summed E-state index contributed by atoms with van der Waals surface area (Å²) in [7, 11) is 1.66. The van der Waals surface area contributed by atoms with Crippen molar-refractivity contribution in [3.63, 3.8) is 0 Å². The fourth-order valence-corrected chi connectivity index (χ4v) is 3.76. The van der Waals surface area contributed by atoms with Gasteiger partial charge in [-0.3, -0.25) is 4.79 Å². The number of unbranched alkanes of at least 4 members (excludes halogenated alkanes) is 13. The fourth-order valence-electron chi connectivity index (χ4n) is 3.76. The monoisotopic (exact) mass is 389 g/mol. The van der Waals surface area contributed by atoms with Crippen molar-refractivity contribution in [2.24, 2.45) is 0 Å². The van der Waals surface area contributed by atoms with Gasteiger partial charge in [0.1, 0.15) is 5.75 Å². The van der Waals surface area contributed by atoms with E-state index in [4.69, 9.17) is 4.74 Å². The van der Waals surface area contributed by atoms with Crippen molar-refractivity contribution in [3.8, 4) is 5.75 Å². The number of benzene rings is 1. The van der Waals surface area contributed by atoms with Crippen LogP contribution < -0.4 is 9.64 Å². The van der Waals surface area contributed by atoms with Crippen LogP contribution in [0, 0.1) is 0 Å². The Balaban J connectivity index is 2.06. The number of nitrogens with zero attached hydrogens (tertiary/aromatic N) is 1. The Bertz CT molecular complexity index is 515. The van der Waals surface area contributed by atoms with E-state index in [9.17, 15) is 4.79 Å². The van der Waals surface area contributed by atoms with Gasteiger partial charge in [0.05, 0.1) is 12.8 Å². The summed E-state index contributed by atoms with van der Waals surface area (Å²) in [5.74, 6) is 0.849. The second kappa shape index (κ2) is 16.4. The van der Waals surface area contributed by atoms with E-state index >= 15 is 0 Å². The second-order valence-electron chi connectivity index (χ2n) is 7.94. The molecule has 0 bridgehead atoms. The summed E-state index contributed by atoms with van der Waals surface area (Å²) >= 11 is 0. The molecule has 1 rings (SSSR count). The number of anilines is 1. The normalized spacial score (nSPS) is 10.8. The molecular formula is C25H43NO2. The molecule has 0 N–H and O–H groups in total. The van der Waals surface area contributed by atoms with E-state index in [1.165, 1.54) is 83.5 Å². The molecule has 1 amide bonds. The molecule has 0 saturated carbocycles. The zero-order valence-corrected chi connectivity index (χ0v) is 18.7. The summed E-state index contributed by atoms with van der Waals surface area (Å²) in [5, 5.41) is 0. The molecule has 0 atom stereocenters. The van der Waals surface area contributed by atoms with Crippen LogP contribution in [0.1, 0.15) is 104 Å². The lowest BCUT2D eigenvalue weighted by molar-refractivity contribution is -0.116. The number of carbonyl (C=O) groups excluding carboxylic acids is 1. The summed E-state index contributed by atoms with van der Waals surface area (Å²) in [5.41, 5.74) is 0.882. The standard InChI is InChI=1S/C25H43NO2/c1-4-5-6-7-8-9-10-11-12-13-14-15-16-19-22-26(23(2)27)24-20-17-18-21-25(24)28-3/h17-18,20-21H,4-16,19,22H2,1-3H3. The zero-order valence-electron chi connectivity index (χ0n) is 18.7. The number of ether oxygens (including phenoxy) is 1.